The van der Waals surface area contributed by atoms with Gasteiger partial charge in [-0.05, 0) is 48.8 Å². The van der Waals surface area contributed by atoms with Gasteiger partial charge in [0.05, 0.1) is 12.7 Å². The lowest BCUT2D eigenvalue weighted by atomic mass is 9.89. The predicted molar refractivity (Wildman–Crippen MR) is 89.0 cm³/mol. The van der Waals surface area contributed by atoms with Crippen molar-refractivity contribution in [3.63, 3.8) is 0 Å². The van der Waals surface area contributed by atoms with Gasteiger partial charge in [-0.25, -0.2) is 0 Å². The van der Waals surface area contributed by atoms with Crippen LogP contribution in [0.25, 0.3) is 0 Å². The van der Waals surface area contributed by atoms with Crippen molar-refractivity contribution in [2.24, 2.45) is 5.73 Å². The minimum absolute atomic E-state index is 0.191. The Labute approximate surface area is 129 Å². The molecule has 3 heteroatoms. The highest BCUT2D eigenvalue weighted by molar-refractivity contribution is 5.40. The lowest BCUT2D eigenvalue weighted by Crippen LogP contribution is -2.32. The summed E-state index contributed by atoms with van der Waals surface area (Å²) >= 11 is 0. The maximum Gasteiger partial charge on any atom is 0.122 e. The Hall–Kier alpha value is -1.06. The van der Waals surface area contributed by atoms with Crippen LogP contribution in [0.2, 0.25) is 0 Å². The molecule has 0 amide bonds. The first kappa shape index (κ1) is 18.0. The smallest absolute Gasteiger partial charge is 0.122 e. The molecule has 0 aromatic heterocycles. The second-order valence-electron chi connectivity index (χ2n) is 6.36. The molecular formula is C18H31NO2. The van der Waals surface area contributed by atoms with E-state index in [0.29, 0.717) is 12.3 Å². The zero-order valence-electron chi connectivity index (χ0n) is 14.1. The van der Waals surface area contributed by atoms with E-state index < -0.39 is 6.10 Å². The van der Waals surface area contributed by atoms with Crippen LogP contribution < -0.4 is 10.5 Å². The molecule has 0 aliphatic rings. The molecule has 0 spiro atoms. The quantitative estimate of drug-likeness (QED) is 0.766. The number of aliphatic hydroxyl groups is 1. The van der Waals surface area contributed by atoms with Crippen molar-refractivity contribution in [1.29, 1.82) is 0 Å². The molecule has 0 heterocycles. The molecule has 0 fully saturated rings. The third kappa shape index (κ3) is 5.33. The van der Waals surface area contributed by atoms with E-state index in [1.807, 2.05) is 6.92 Å². The summed E-state index contributed by atoms with van der Waals surface area (Å²) in [5, 5.41) is 9.96. The zero-order valence-corrected chi connectivity index (χ0v) is 14.1. The molecule has 3 nitrogen and oxygen atoms in total. The van der Waals surface area contributed by atoms with E-state index >= 15 is 0 Å². The first-order valence-corrected chi connectivity index (χ1v) is 8.07. The predicted octanol–water partition coefficient (Wildman–Crippen LogP) is 3.80. The maximum absolute atomic E-state index is 9.96. The molecule has 3 N–H and O–H groups in total. The fourth-order valence-corrected chi connectivity index (χ4v) is 2.38. The lowest BCUT2D eigenvalue weighted by molar-refractivity contribution is 0.134. The molecule has 0 aliphatic heterocycles. The Morgan fingerprint density at radius 2 is 1.86 bits per heavy atom. The van der Waals surface area contributed by atoms with Gasteiger partial charge >= 0.3 is 0 Å². The Kier molecular flexibility index (Phi) is 7.20. The van der Waals surface area contributed by atoms with Crippen molar-refractivity contribution in [1.82, 2.24) is 0 Å². The van der Waals surface area contributed by atoms with Gasteiger partial charge in [0, 0.05) is 6.04 Å². The molecule has 21 heavy (non-hydrogen) atoms. The van der Waals surface area contributed by atoms with Crippen LogP contribution >= 0.6 is 0 Å². The molecule has 1 aromatic rings. The molecule has 1 aromatic carbocycles. The molecular weight excluding hydrogens is 262 g/mol. The van der Waals surface area contributed by atoms with Gasteiger partial charge in [-0.15, -0.1) is 0 Å². The monoisotopic (exact) mass is 293 g/mol. The maximum atomic E-state index is 9.96. The number of ether oxygens (including phenoxy) is 1. The summed E-state index contributed by atoms with van der Waals surface area (Å²) in [7, 11) is 0. The van der Waals surface area contributed by atoms with Crippen LogP contribution in [0.15, 0.2) is 18.2 Å². The van der Waals surface area contributed by atoms with Gasteiger partial charge in [-0.2, -0.15) is 0 Å². The van der Waals surface area contributed by atoms with E-state index in [9.17, 15) is 5.11 Å². The van der Waals surface area contributed by atoms with Crippen LogP contribution in [0.5, 0.6) is 5.75 Å². The Morgan fingerprint density at radius 3 is 2.38 bits per heavy atom. The van der Waals surface area contributed by atoms with Crippen molar-refractivity contribution in [2.45, 2.75) is 71.4 Å². The summed E-state index contributed by atoms with van der Waals surface area (Å²) < 4.78 is 5.83. The topological polar surface area (TPSA) is 55.5 Å². The SMILES string of the molecule is CCCOc1ccc(C(C)CC(O)C(C)N)cc1C(C)C. The van der Waals surface area contributed by atoms with Crippen molar-refractivity contribution < 1.29 is 9.84 Å². The zero-order chi connectivity index (χ0) is 16.0. The number of nitrogens with two attached hydrogens (primary N) is 1. The number of hydrogen-bond acceptors (Lipinski definition) is 3. The van der Waals surface area contributed by atoms with E-state index in [1.165, 1.54) is 11.1 Å². The minimum atomic E-state index is -0.460. The number of benzene rings is 1. The van der Waals surface area contributed by atoms with E-state index in [0.717, 1.165) is 18.8 Å². The molecule has 1 rings (SSSR count). The van der Waals surface area contributed by atoms with Gasteiger partial charge in [0.1, 0.15) is 5.75 Å². The van der Waals surface area contributed by atoms with Crippen molar-refractivity contribution in [3.8, 4) is 5.75 Å². The van der Waals surface area contributed by atoms with Crippen molar-refractivity contribution in [3.05, 3.63) is 29.3 Å². The second-order valence-corrected chi connectivity index (χ2v) is 6.36. The molecule has 3 atom stereocenters. The average Bonchev–Trinajstić information content (AvgIpc) is 2.44. The highest BCUT2D eigenvalue weighted by Gasteiger charge is 2.17. The molecule has 3 unspecified atom stereocenters. The van der Waals surface area contributed by atoms with Crippen LogP contribution in [0.3, 0.4) is 0 Å². The third-order valence-corrected chi connectivity index (χ3v) is 3.89. The first-order valence-electron chi connectivity index (χ1n) is 8.07. The highest BCUT2D eigenvalue weighted by atomic mass is 16.5. The molecule has 0 aliphatic carbocycles. The molecule has 0 bridgehead atoms. The fraction of sp³-hybridized carbons (Fsp3) is 0.667. The summed E-state index contributed by atoms with van der Waals surface area (Å²) in [5.74, 6) is 1.68. The summed E-state index contributed by atoms with van der Waals surface area (Å²) in [4.78, 5) is 0. The summed E-state index contributed by atoms with van der Waals surface area (Å²) in [6, 6.07) is 6.20. The van der Waals surface area contributed by atoms with Gasteiger partial charge in [0.2, 0.25) is 0 Å². The van der Waals surface area contributed by atoms with E-state index in [-0.39, 0.29) is 12.0 Å². The summed E-state index contributed by atoms with van der Waals surface area (Å²) in [6.45, 7) is 11.2. The summed E-state index contributed by atoms with van der Waals surface area (Å²) in [5.41, 5.74) is 8.23. The van der Waals surface area contributed by atoms with Crippen LogP contribution in [-0.4, -0.2) is 23.9 Å². The number of aliphatic hydroxyl groups excluding tert-OH is 1. The Morgan fingerprint density at radius 1 is 1.19 bits per heavy atom. The third-order valence-electron chi connectivity index (χ3n) is 3.89. The Bertz CT molecular complexity index is 429. The van der Waals surface area contributed by atoms with Gasteiger partial charge in [0.25, 0.3) is 0 Å². The van der Waals surface area contributed by atoms with Gasteiger partial charge in [0.15, 0.2) is 0 Å². The van der Waals surface area contributed by atoms with Crippen molar-refractivity contribution in [2.75, 3.05) is 6.61 Å². The molecule has 0 radical (unpaired) electrons. The Balaban J connectivity index is 2.91. The average molecular weight is 293 g/mol. The van der Waals surface area contributed by atoms with E-state index in [4.69, 9.17) is 10.5 Å². The fourth-order valence-electron chi connectivity index (χ4n) is 2.38. The normalized spacial score (nSPS) is 15.8. The van der Waals surface area contributed by atoms with E-state index in [2.05, 4.69) is 45.9 Å². The second kappa shape index (κ2) is 8.40. The van der Waals surface area contributed by atoms with Crippen LogP contribution in [0.1, 0.15) is 70.4 Å². The van der Waals surface area contributed by atoms with Crippen LogP contribution in [0.4, 0.5) is 0 Å². The van der Waals surface area contributed by atoms with E-state index in [1.54, 1.807) is 0 Å². The highest BCUT2D eigenvalue weighted by Crippen LogP contribution is 2.31. The standard InChI is InChI=1S/C18H31NO2/c1-6-9-21-18-8-7-15(11-16(18)12(2)3)13(4)10-17(20)14(5)19/h7-8,11-14,17,20H,6,9-10,19H2,1-5H3. The van der Waals surface area contributed by atoms with Gasteiger partial charge in [-0.1, -0.05) is 39.8 Å². The first-order chi connectivity index (χ1) is 9.86. The number of hydrogen-bond donors (Lipinski definition) is 2. The minimum Gasteiger partial charge on any atom is -0.493 e. The van der Waals surface area contributed by atoms with Crippen LogP contribution in [0, 0.1) is 0 Å². The van der Waals surface area contributed by atoms with Gasteiger partial charge in [-0.3, -0.25) is 0 Å². The molecule has 0 saturated carbocycles. The largest absolute Gasteiger partial charge is 0.493 e. The molecule has 120 valence electrons. The summed E-state index contributed by atoms with van der Waals surface area (Å²) in [6.07, 6.45) is 1.24. The van der Waals surface area contributed by atoms with Crippen LogP contribution in [-0.2, 0) is 0 Å². The molecule has 0 saturated heterocycles. The van der Waals surface area contributed by atoms with Gasteiger partial charge < -0.3 is 15.6 Å². The van der Waals surface area contributed by atoms with Crippen molar-refractivity contribution >= 4 is 0 Å². The number of rotatable bonds is 8. The lowest BCUT2D eigenvalue weighted by Gasteiger charge is -2.21.